The molecular weight excluding hydrogens is 270 g/mol. The minimum absolute atomic E-state index is 0.0385. The van der Waals surface area contributed by atoms with Crippen molar-refractivity contribution in [2.75, 3.05) is 18.6 Å². The molecule has 0 radical (unpaired) electrons. The van der Waals surface area contributed by atoms with E-state index in [4.69, 9.17) is 4.74 Å². The Kier molecular flexibility index (Phi) is 5.35. The molecule has 1 aromatic carbocycles. The predicted molar refractivity (Wildman–Crippen MR) is 84.0 cm³/mol. The van der Waals surface area contributed by atoms with E-state index in [1.54, 1.807) is 0 Å². The molecule has 0 saturated carbocycles. The van der Waals surface area contributed by atoms with Crippen molar-refractivity contribution in [3.8, 4) is 0 Å². The van der Waals surface area contributed by atoms with Gasteiger partial charge in [0.1, 0.15) is 6.61 Å². The number of carbonyl (C=O) groups excluding carboxylic acids is 1. The molecule has 4 heteroatoms. The van der Waals surface area contributed by atoms with Gasteiger partial charge in [0.25, 0.3) is 0 Å². The fourth-order valence-corrected chi connectivity index (χ4v) is 3.30. The van der Waals surface area contributed by atoms with Crippen LogP contribution in [-0.2, 0) is 11.3 Å². The summed E-state index contributed by atoms with van der Waals surface area (Å²) in [6.07, 6.45) is 5.12. The van der Waals surface area contributed by atoms with E-state index in [0.717, 1.165) is 37.1 Å². The quantitative estimate of drug-likeness (QED) is 0.796. The molecule has 1 saturated heterocycles. The highest BCUT2D eigenvalue weighted by Crippen LogP contribution is 2.38. The zero-order valence-corrected chi connectivity index (χ0v) is 13.1. The Morgan fingerprint density at radius 3 is 2.70 bits per heavy atom. The Labute approximate surface area is 125 Å². The van der Waals surface area contributed by atoms with Gasteiger partial charge in [0, 0.05) is 12.1 Å². The zero-order chi connectivity index (χ0) is 14.4. The summed E-state index contributed by atoms with van der Waals surface area (Å²) in [5.74, 6) is 1.09. The third kappa shape index (κ3) is 3.29. The molecule has 0 aromatic heterocycles. The van der Waals surface area contributed by atoms with Crippen molar-refractivity contribution in [1.82, 2.24) is 4.90 Å². The Hall–Kier alpha value is -1.16. The third-order valence-electron chi connectivity index (χ3n) is 4.23. The molecule has 0 aliphatic carbocycles. The van der Waals surface area contributed by atoms with Gasteiger partial charge in [-0.2, -0.15) is 11.8 Å². The van der Waals surface area contributed by atoms with Gasteiger partial charge in [0.05, 0.1) is 0 Å². The summed E-state index contributed by atoms with van der Waals surface area (Å²) in [7, 11) is 0. The van der Waals surface area contributed by atoms with Crippen LogP contribution < -0.4 is 0 Å². The Morgan fingerprint density at radius 1 is 1.40 bits per heavy atom. The predicted octanol–water partition coefficient (Wildman–Crippen LogP) is 3.93. The monoisotopic (exact) mass is 293 g/mol. The molecule has 20 heavy (non-hydrogen) atoms. The Bertz CT molecular complexity index is 433. The van der Waals surface area contributed by atoms with Gasteiger partial charge in [-0.25, -0.2) is 4.79 Å². The van der Waals surface area contributed by atoms with E-state index in [1.807, 2.05) is 47.0 Å². The second-order valence-electron chi connectivity index (χ2n) is 5.26. The maximum Gasteiger partial charge on any atom is 0.410 e. The molecule has 110 valence electrons. The molecule has 0 bridgehead atoms. The van der Waals surface area contributed by atoms with Crippen LogP contribution in [0.1, 0.15) is 31.7 Å². The van der Waals surface area contributed by atoms with Crippen molar-refractivity contribution in [3.05, 3.63) is 35.9 Å². The summed E-state index contributed by atoms with van der Waals surface area (Å²) in [6, 6.07) is 9.84. The molecule has 0 N–H and O–H groups in total. The molecule has 1 aliphatic rings. The first-order chi connectivity index (χ1) is 9.72. The molecule has 0 unspecified atom stereocenters. The van der Waals surface area contributed by atoms with E-state index in [2.05, 4.69) is 13.2 Å². The lowest BCUT2D eigenvalue weighted by molar-refractivity contribution is -0.0211. The minimum Gasteiger partial charge on any atom is -0.445 e. The average molecular weight is 293 g/mol. The van der Waals surface area contributed by atoms with E-state index >= 15 is 0 Å². The summed E-state index contributed by atoms with van der Waals surface area (Å²) in [5, 5.41) is 0. The number of amides is 1. The topological polar surface area (TPSA) is 29.5 Å². The standard InChI is InChI=1S/C16H23NO2S/c1-3-16(10-12-20-2)9-11-17(16)15(18)19-13-14-7-5-4-6-8-14/h4-8H,3,9-13H2,1-2H3/t16-/m0/s1. The number of hydrogen-bond acceptors (Lipinski definition) is 3. The maximum atomic E-state index is 12.2. The zero-order valence-electron chi connectivity index (χ0n) is 12.3. The summed E-state index contributed by atoms with van der Waals surface area (Å²) in [6.45, 7) is 3.35. The van der Waals surface area contributed by atoms with Gasteiger partial charge < -0.3 is 9.64 Å². The summed E-state index contributed by atoms with van der Waals surface area (Å²) in [4.78, 5) is 14.2. The molecule has 1 aliphatic heterocycles. The van der Waals surface area contributed by atoms with Crippen LogP contribution in [0.4, 0.5) is 4.79 Å². The van der Waals surface area contributed by atoms with Crippen LogP contribution in [0.25, 0.3) is 0 Å². The number of likely N-dealkylation sites (tertiary alicyclic amines) is 1. The molecule has 1 aromatic rings. The normalized spacial score (nSPS) is 21.4. The lowest BCUT2D eigenvalue weighted by atomic mass is 9.80. The number of nitrogens with zero attached hydrogens (tertiary/aromatic N) is 1. The fourth-order valence-electron chi connectivity index (χ4n) is 2.72. The summed E-state index contributed by atoms with van der Waals surface area (Å²) >= 11 is 1.84. The third-order valence-corrected chi connectivity index (χ3v) is 4.84. The number of carbonyl (C=O) groups is 1. The number of benzene rings is 1. The van der Waals surface area contributed by atoms with Gasteiger partial charge >= 0.3 is 6.09 Å². The average Bonchev–Trinajstić information content (AvgIpc) is 2.46. The first-order valence-corrected chi connectivity index (χ1v) is 8.58. The molecule has 3 nitrogen and oxygen atoms in total. The number of rotatable bonds is 6. The second kappa shape index (κ2) is 7.02. The lowest BCUT2D eigenvalue weighted by Gasteiger charge is -2.52. The van der Waals surface area contributed by atoms with E-state index < -0.39 is 0 Å². The van der Waals surface area contributed by atoms with Crippen molar-refractivity contribution < 1.29 is 9.53 Å². The van der Waals surface area contributed by atoms with E-state index in [9.17, 15) is 4.79 Å². The molecule has 1 atom stereocenters. The van der Waals surface area contributed by atoms with Gasteiger partial charge in [0.2, 0.25) is 0 Å². The van der Waals surface area contributed by atoms with Crippen molar-refractivity contribution in [1.29, 1.82) is 0 Å². The van der Waals surface area contributed by atoms with Crippen LogP contribution in [0.15, 0.2) is 30.3 Å². The van der Waals surface area contributed by atoms with E-state index in [1.165, 1.54) is 0 Å². The molecule has 1 heterocycles. The van der Waals surface area contributed by atoms with Crippen LogP contribution in [-0.4, -0.2) is 35.1 Å². The summed E-state index contributed by atoms with van der Waals surface area (Å²) in [5.41, 5.74) is 1.07. The van der Waals surface area contributed by atoms with Gasteiger partial charge in [-0.3, -0.25) is 0 Å². The highest BCUT2D eigenvalue weighted by Gasteiger charge is 2.46. The first kappa shape index (κ1) is 15.2. The van der Waals surface area contributed by atoms with Gasteiger partial charge in [-0.1, -0.05) is 37.3 Å². The smallest absolute Gasteiger partial charge is 0.410 e. The molecule has 2 rings (SSSR count). The van der Waals surface area contributed by atoms with Gasteiger partial charge in [0.15, 0.2) is 0 Å². The summed E-state index contributed by atoms with van der Waals surface area (Å²) < 4.78 is 5.45. The lowest BCUT2D eigenvalue weighted by Crippen LogP contribution is -2.62. The van der Waals surface area contributed by atoms with Crippen LogP contribution in [0.5, 0.6) is 0 Å². The molecule has 1 amide bonds. The van der Waals surface area contributed by atoms with Gasteiger partial charge in [-0.05, 0) is 36.8 Å². The Morgan fingerprint density at radius 2 is 2.15 bits per heavy atom. The Balaban J connectivity index is 1.88. The highest BCUT2D eigenvalue weighted by atomic mass is 32.2. The van der Waals surface area contributed by atoms with Crippen LogP contribution in [0.3, 0.4) is 0 Å². The largest absolute Gasteiger partial charge is 0.445 e. The first-order valence-electron chi connectivity index (χ1n) is 7.19. The van der Waals surface area contributed by atoms with Crippen molar-refractivity contribution in [2.45, 2.75) is 38.3 Å². The number of thioether (sulfide) groups is 1. The van der Waals surface area contributed by atoms with Crippen LogP contribution in [0.2, 0.25) is 0 Å². The minimum atomic E-state index is -0.164. The number of hydrogen-bond donors (Lipinski definition) is 0. The highest BCUT2D eigenvalue weighted by molar-refractivity contribution is 7.98. The van der Waals surface area contributed by atoms with E-state index in [-0.39, 0.29) is 11.6 Å². The van der Waals surface area contributed by atoms with Crippen molar-refractivity contribution in [3.63, 3.8) is 0 Å². The second-order valence-corrected chi connectivity index (χ2v) is 6.25. The molecular formula is C16H23NO2S. The molecule has 0 spiro atoms. The van der Waals surface area contributed by atoms with Crippen LogP contribution >= 0.6 is 11.8 Å². The SMILES string of the molecule is CC[C@@]1(CCSC)CCN1C(=O)OCc1ccccc1. The van der Waals surface area contributed by atoms with Crippen molar-refractivity contribution in [2.24, 2.45) is 0 Å². The number of ether oxygens (including phenoxy) is 1. The maximum absolute atomic E-state index is 12.2. The van der Waals surface area contributed by atoms with Crippen LogP contribution in [0, 0.1) is 0 Å². The van der Waals surface area contributed by atoms with E-state index in [0.29, 0.717) is 6.61 Å². The van der Waals surface area contributed by atoms with Crippen molar-refractivity contribution >= 4 is 17.9 Å². The van der Waals surface area contributed by atoms with Gasteiger partial charge in [-0.15, -0.1) is 0 Å². The fraction of sp³-hybridized carbons (Fsp3) is 0.562. The molecule has 1 fully saturated rings.